The molecule has 10 heteroatoms. The molecule has 2 aliphatic rings. The molecule has 38 heavy (non-hydrogen) atoms. The van der Waals surface area contributed by atoms with Gasteiger partial charge in [0.1, 0.15) is 18.2 Å². The van der Waals surface area contributed by atoms with Gasteiger partial charge in [-0.2, -0.15) is 4.98 Å². The van der Waals surface area contributed by atoms with Gasteiger partial charge in [-0.15, -0.1) is 0 Å². The Hall–Kier alpha value is -4.31. The van der Waals surface area contributed by atoms with E-state index < -0.39 is 0 Å². The van der Waals surface area contributed by atoms with Crippen LogP contribution in [0.4, 0.5) is 23.5 Å². The number of ether oxygens (including phenoxy) is 1. The van der Waals surface area contributed by atoms with Gasteiger partial charge >= 0.3 is 0 Å². The van der Waals surface area contributed by atoms with Gasteiger partial charge in [0, 0.05) is 63.3 Å². The van der Waals surface area contributed by atoms with Crippen LogP contribution in [0.2, 0.25) is 0 Å². The predicted octanol–water partition coefficient (Wildman–Crippen LogP) is 3.06. The summed E-state index contributed by atoms with van der Waals surface area (Å²) in [7, 11) is 0. The molecule has 0 spiro atoms. The number of anilines is 4. The van der Waals surface area contributed by atoms with Crippen LogP contribution in [0.3, 0.4) is 0 Å². The third-order valence-electron chi connectivity index (χ3n) is 6.76. The van der Waals surface area contributed by atoms with Crippen molar-refractivity contribution >= 4 is 23.5 Å². The van der Waals surface area contributed by atoms with Crippen LogP contribution in [-0.4, -0.2) is 70.3 Å². The Morgan fingerprint density at radius 3 is 2.39 bits per heavy atom. The van der Waals surface area contributed by atoms with Gasteiger partial charge in [-0.25, -0.2) is 19.9 Å². The van der Waals surface area contributed by atoms with Crippen LogP contribution in [0.15, 0.2) is 73.3 Å². The van der Waals surface area contributed by atoms with Crippen LogP contribution in [-0.2, 0) is 6.42 Å². The summed E-state index contributed by atoms with van der Waals surface area (Å²) < 4.78 is 6.07. The van der Waals surface area contributed by atoms with Crippen molar-refractivity contribution in [1.29, 1.82) is 0 Å². The minimum atomic E-state index is 0.213. The van der Waals surface area contributed by atoms with E-state index in [9.17, 15) is 0 Å². The Labute approximate surface area is 222 Å². The normalized spacial score (nSPS) is 17.4. The molecule has 10 nitrogen and oxygen atoms in total. The molecule has 2 N–H and O–H groups in total. The number of hydrogen-bond donors (Lipinski definition) is 2. The average molecular weight is 510 g/mol. The highest BCUT2D eigenvalue weighted by Crippen LogP contribution is 2.23. The Kier molecular flexibility index (Phi) is 7.21. The lowest BCUT2D eigenvalue weighted by Crippen LogP contribution is -2.47. The first-order valence-corrected chi connectivity index (χ1v) is 13.1. The summed E-state index contributed by atoms with van der Waals surface area (Å²) in [5, 5.41) is 6.62. The fourth-order valence-corrected chi connectivity index (χ4v) is 4.74. The second kappa shape index (κ2) is 11.4. The van der Waals surface area contributed by atoms with Crippen molar-refractivity contribution in [3.05, 3.63) is 84.4 Å². The SMILES string of the molecule is c1ccc(Cc2cnc(N3CCN(c4ncnc(Nc5cccc(O[C@H]6CCNC6)c5)n4)CC3)nc2)cc1. The zero-order valence-corrected chi connectivity index (χ0v) is 21.2. The van der Waals surface area contributed by atoms with Crippen LogP contribution in [0.25, 0.3) is 0 Å². The second-order valence-corrected chi connectivity index (χ2v) is 9.52. The van der Waals surface area contributed by atoms with Crippen molar-refractivity contribution in [2.75, 3.05) is 54.4 Å². The molecule has 0 bridgehead atoms. The lowest BCUT2D eigenvalue weighted by Gasteiger charge is -2.34. The molecular formula is C28H31N9O. The van der Waals surface area contributed by atoms with Crippen molar-refractivity contribution in [3.63, 3.8) is 0 Å². The monoisotopic (exact) mass is 509 g/mol. The molecule has 0 saturated carbocycles. The first kappa shape index (κ1) is 24.1. The van der Waals surface area contributed by atoms with E-state index in [4.69, 9.17) is 4.74 Å². The van der Waals surface area contributed by atoms with Gasteiger partial charge in [0.2, 0.25) is 17.8 Å². The third kappa shape index (κ3) is 5.97. The first-order chi connectivity index (χ1) is 18.8. The largest absolute Gasteiger partial charge is 0.489 e. The Bertz CT molecular complexity index is 1320. The highest BCUT2D eigenvalue weighted by Gasteiger charge is 2.21. The van der Waals surface area contributed by atoms with Crippen LogP contribution >= 0.6 is 0 Å². The highest BCUT2D eigenvalue weighted by atomic mass is 16.5. The van der Waals surface area contributed by atoms with E-state index in [-0.39, 0.29) is 6.10 Å². The van der Waals surface area contributed by atoms with Gasteiger partial charge in [-0.3, -0.25) is 0 Å². The molecule has 0 aliphatic carbocycles. The molecule has 1 atom stereocenters. The van der Waals surface area contributed by atoms with E-state index in [1.165, 1.54) is 5.56 Å². The number of aromatic nitrogens is 5. The number of rotatable bonds is 8. The molecule has 0 amide bonds. The van der Waals surface area contributed by atoms with Crippen molar-refractivity contribution in [2.45, 2.75) is 18.9 Å². The molecule has 4 heterocycles. The molecule has 2 aliphatic heterocycles. The van der Waals surface area contributed by atoms with Crippen molar-refractivity contribution in [2.24, 2.45) is 0 Å². The molecule has 2 fully saturated rings. The van der Waals surface area contributed by atoms with E-state index >= 15 is 0 Å². The molecule has 2 saturated heterocycles. The number of hydrogen-bond acceptors (Lipinski definition) is 10. The Balaban J connectivity index is 1.04. The molecule has 2 aromatic heterocycles. The lowest BCUT2D eigenvalue weighted by molar-refractivity contribution is 0.223. The first-order valence-electron chi connectivity index (χ1n) is 13.1. The highest BCUT2D eigenvalue weighted by molar-refractivity contribution is 5.56. The standard InChI is InChI=1S/C28H31N9O/c1-2-5-21(6-3-1)15-22-17-30-27(31-18-22)36-11-13-37(14-12-36)28-33-20-32-26(35-28)34-23-7-4-8-24(16-23)38-25-9-10-29-19-25/h1-8,16-18,20,25,29H,9-15,19H2,(H,32,33,34,35)/t25-/m0/s1. The van der Waals surface area contributed by atoms with Crippen LogP contribution < -0.4 is 25.2 Å². The van der Waals surface area contributed by atoms with E-state index in [0.29, 0.717) is 11.9 Å². The van der Waals surface area contributed by atoms with Gasteiger partial charge in [-0.1, -0.05) is 36.4 Å². The molecule has 6 rings (SSSR count). The summed E-state index contributed by atoms with van der Waals surface area (Å²) in [6.07, 6.45) is 7.47. The van der Waals surface area contributed by atoms with Crippen LogP contribution in [0.1, 0.15) is 17.5 Å². The molecular weight excluding hydrogens is 478 g/mol. The summed E-state index contributed by atoms with van der Waals surface area (Å²) in [4.78, 5) is 27.0. The third-order valence-corrected chi connectivity index (χ3v) is 6.76. The minimum absolute atomic E-state index is 0.213. The van der Waals surface area contributed by atoms with Gasteiger partial charge in [0.25, 0.3) is 0 Å². The maximum Gasteiger partial charge on any atom is 0.232 e. The number of piperazine rings is 1. The fraction of sp³-hybridized carbons (Fsp3) is 0.321. The van der Waals surface area contributed by atoms with E-state index in [1.807, 2.05) is 42.7 Å². The summed E-state index contributed by atoms with van der Waals surface area (Å²) >= 11 is 0. The van der Waals surface area contributed by atoms with Gasteiger partial charge in [-0.05, 0) is 36.2 Å². The van der Waals surface area contributed by atoms with Gasteiger partial charge < -0.3 is 25.2 Å². The maximum absolute atomic E-state index is 6.07. The average Bonchev–Trinajstić information content (AvgIpc) is 3.48. The molecule has 194 valence electrons. The summed E-state index contributed by atoms with van der Waals surface area (Å²) in [6, 6.07) is 18.3. The quantitative estimate of drug-likeness (QED) is 0.368. The minimum Gasteiger partial charge on any atom is -0.489 e. The van der Waals surface area contributed by atoms with Crippen LogP contribution in [0, 0.1) is 0 Å². The fourth-order valence-electron chi connectivity index (χ4n) is 4.74. The summed E-state index contributed by atoms with van der Waals surface area (Å²) in [5.74, 6) is 2.76. The zero-order chi connectivity index (χ0) is 25.6. The van der Waals surface area contributed by atoms with E-state index in [1.54, 1.807) is 6.33 Å². The van der Waals surface area contributed by atoms with Gasteiger partial charge in [0.05, 0.1) is 0 Å². The lowest BCUT2D eigenvalue weighted by atomic mass is 10.1. The number of nitrogens with one attached hydrogen (secondary N) is 2. The molecule has 0 unspecified atom stereocenters. The second-order valence-electron chi connectivity index (χ2n) is 9.52. The van der Waals surface area contributed by atoms with E-state index in [2.05, 4.69) is 69.6 Å². The summed E-state index contributed by atoms with van der Waals surface area (Å²) in [6.45, 7) is 5.02. The van der Waals surface area contributed by atoms with Crippen molar-refractivity contribution in [3.8, 4) is 5.75 Å². The predicted molar refractivity (Wildman–Crippen MR) is 147 cm³/mol. The molecule has 4 aromatic rings. The van der Waals surface area contributed by atoms with Crippen LogP contribution in [0.5, 0.6) is 5.75 Å². The maximum atomic E-state index is 6.07. The summed E-state index contributed by atoms with van der Waals surface area (Å²) in [5.41, 5.74) is 3.24. The Morgan fingerprint density at radius 2 is 1.63 bits per heavy atom. The van der Waals surface area contributed by atoms with Gasteiger partial charge in [0.15, 0.2) is 0 Å². The number of nitrogens with zero attached hydrogens (tertiary/aromatic N) is 7. The van der Waals surface area contributed by atoms with Crippen molar-refractivity contribution < 1.29 is 4.74 Å². The molecule has 0 radical (unpaired) electrons. The van der Waals surface area contributed by atoms with E-state index in [0.717, 1.165) is 75.1 Å². The topological polar surface area (TPSA) is 104 Å². The Morgan fingerprint density at radius 1 is 0.842 bits per heavy atom. The van der Waals surface area contributed by atoms with Crippen molar-refractivity contribution in [1.82, 2.24) is 30.2 Å². The zero-order valence-electron chi connectivity index (χ0n) is 21.2. The molecule has 2 aromatic carbocycles. The smallest absolute Gasteiger partial charge is 0.232 e. The number of benzene rings is 2.